The Morgan fingerprint density at radius 1 is 1.09 bits per heavy atom. The first kappa shape index (κ1) is 23.4. The molecule has 2 heterocycles. The summed E-state index contributed by atoms with van der Waals surface area (Å²) in [5.41, 5.74) is 2.54. The maximum Gasteiger partial charge on any atom is 0.333 e. The Morgan fingerprint density at radius 2 is 1.72 bits per heavy atom. The number of likely N-dealkylation sites (N-methyl/N-ethyl adjacent to an activating group) is 1. The van der Waals surface area contributed by atoms with Crippen LogP contribution in [0.1, 0.15) is 36.6 Å². The van der Waals surface area contributed by atoms with Crippen LogP contribution in [0.2, 0.25) is 0 Å². The van der Waals surface area contributed by atoms with E-state index in [4.69, 9.17) is 18.9 Å². The molecular weight excluding hydrogens is 416 g/mol. The fraction of sp³-hybridized carbons (Fsp3) is 0.522. The monoisotopic (exact) mass is 446 g/mol. The number of carbonyl (C=O) groups excluding carboxylic acids is 3. The van der Waals surface area contributed by atoms with Crippen molar-refractivity contribution in [1.29, 1.82) is 0 Å². The average molecular weight is 447 g/mol. The van der Waals surface area contributed by atoms with Gasteiger partial charge < -0.3 is 28.7 Å². The molecule has 0 radical (unpaired) electrons. The zero-order chi connectivity index (χ0) is 23.7. The lowest BCUT2D eigenvalue weighted by atomic mass is 9.83. The third-order valence-corrected chi connectivity index (χ3v) is 6.19. The zero-order valence-corrected chi connectivity index (χ0v) is 19.6. The highest BCUT2D eigenvalue weighted by Crippen LogP contribution is 2.51. The van der Waals surface area contributed by atoms with E-state index in [1.807, 2.05) is 6.92 Å². The Morgan fingerprint density at radius 3 is 2.28 bits per heavy atom. The topological polar surface area (TPSA) is 94.6 Å². The van der Waals surface area contributed by atoms with Crippen molar-refractivity contribution >= 4 is 17.8 Å². The van der Waals surface area contributed by atoms with E-state index in [9.17, 15) is 14.4 Å². The van der Waals surface area contributed by atoms with Gasteiger partial charge in [-0.05, 0) is 20.8 Å². The second-order valence-corrected chi connectivity index (χ2v) is 7.92. The minimum absolute atomic E-state index is 0.0501. The number of hydrogen-bond donors (Lipinski definition) is 0. The molecule has 2 aliphatic rings. The Balaban J connectivity index is 2.23. The molecule has 2 atom stereocenters. The van der Waals surface area contributed by atoms with Crippen molar-refractivity contribution in [3.8, 4) is 17.2 Å². The van der Waals surface area contributed by atoms with E-state index in [1.165, 1.54) is 24.0 Å². The van der Waals surface area contributed by atoms with Gasteiger partial charge in [0.05, 0.1) is 33.9 Å². The Kier molecular flexibility index (Phi) is 6.66. The van der Waals surface area contributed by atoms with Crippen LogP contribution < -0.4 is 14.2 Å². The molecule has 1 aromatic rings. The number of esters is 1. The number of benzene rings is 1. The smallest absolute Gasteiger partial charge is 0.333 e. The van der Waals surface area contributed by atoms with Gasteiger partial charge in [0.2, 0.25) is 11.8 Å². The summed E-state index contributed by atoms with van der Waals surface area (Å²) in [5, 5.41) is 0. The molecule has 0 saturated carbocycles. The Hall–Kier alpha value is -3.23. The molecule has 0 aromatic heterocycles. The fourth-order valence-electron chi connectivity index (χ4n) is 4.53. The van der Waals surface area contributed by atoms with E-state index < -0.39 is 18.1 Å². The Bertz CT molecular complexity index is 985. The summed E-state index contributed by atoms with van der Waals surface area (Å²) in [5.74, 6) is 0.566. The first-order valence-electron chi connectivity index (χ1n) is 10.4. The molecule has 1 fully saturated rings. The number of carbonyl (C=O) groups is 3. The number of methoxy groups -OCH3 is 3. The number of hydrogen-bond acceptors (Lipinski definition) is 7. The summed E-state index contributed by atoms with van der Waals surface area (Å²) in [4.78, 5) is 41.4. The van der Waals surface area contributed by atoms with Gasteiger partial charge in [0, 0.05) is 35.7 Å². The van der Waals surface area contributed by atoms with Crippen LogP contribution in [0.3, 0.4) is 0 Å². The summed E-state index contributed by atoms with van der Waals surface area (Å²) < 4.78 is 22.6. The van der Waals surface area contributed by atoms with Gasteiger partial charge in [-0.2, -0.15) is 0 Å². The van der Waals surface area contributed by atoms with E-state index >= 15 is 0 Å². The van der Waals surface area contributed by atoms with Gasteiger partial charge in [0.25, 0.3) is 0 Å². The normalized spacial score (nSPS) is 20.5. The lowest BCUT2D eigenvalue weighted by Gasteiger charge is -2.47. The highest BCUT2D eigenvalue weighted by molar-refractivity contribution is 5.96. The molecular formula is C23H30N2O7. The van der Waals surface area contributed by atoms with E-state index in [-0.39, 0.29) is 31.4 Å². The van der Waals surface area contributed by atoms with Crippen molar-refractivity contribution in [2.75, 3.05) is 41.5 Å². The molecule has 0 N–H and O–H groups in total. The van der Waals surface area contributed by atoms with Gasteiger partial charge in [-0.25, -0.2) is 4.79 Å². The molecule has 0 unspecified atom stereocenters. The van der Waals surface area contributed by atoms with Crippen molar-refractivity contribution in [3.05, 3.63) is 28.3 Å². The predicted molar refractivity (Wildman–Crippen MR) is 116 cm³/mol. The molecule has 32 heavy (non-hydrogen) atoms. The molecule has 1 aromatic carbocycles. The second-order valence-electron chi connectivity index (χ2n) is 7.92. The van der Waals surface area contributed by atoms with Crippen molar-refractivity contribution in [2.24, 2.45) is 0 Å². The first-order valence-corrected chi connectivity index (χ1v) is 10.4. The number of nitrogens with zero attached hydrogens (tertiary/aromatic N) is 2. The van der Waals surface area contributed by atoms with Crippen molar-refractivity contribution in [3.63, 3.8) is 0 Å². The van der Waals surface area contributed by atoms with Crippen molar-refractivity contribution in [2.45, 2.75) is 39.3 Å². The highest BCUT2D eigenvalue weighted by atomic mass is 16.5. The quantitative estimate of drug-likeness (QED) is 0.486. The lowest BCUT2D eigenvalue weighted by molar-refractivity contribution is -0.161. The van der Waals surface area contributed by atoms with Crippen molar-refractivity contribution in [1.82, 2.24) is 9.80 Å². The SMILES string of the molecule is C/C=C(/C)C(=O)OC[C@H]1c2c(c(OC)c(C)c(OC)c2OC)C[C@H]2C(=O)N(C)CC(=O)N21. The van der Waals surface area contributed by atoms with Gasteiger partial charge in [-0.15, -0.1) is 0 Å². The summed E-state index contributed by atoms with van der Waals surface area (Å²) in [6, 6.07) is -1.47. The number of fused-ring (bicyclic) bond motifs is 2. The van der Waals surface area contributed by atoms with E-state index in [1.54, 1.807) is 34.1 Å². The largest absolute Gasteiger partial charge is 0.496 e. The van der Waals surface area contributed by atoms with E-state index in [0.717, 1.165) is 11.1 Å². The average Bonchev–Trinajstić information content (AvgIpc) is 2.78. The fourth-order valence-corrected chi connectivity index (χ4v) is 4.53. The molecule has 1 saturated heterocycles. The van der Waals surface area contributed by atoms with Crippen LogP contribution in [0.4, 0.5) is 0 Å². The van der Waals surface area contributed by atoms with E-state index in [0.29, 0.717) is 28.4 Å². The van der Waals surface area contributed by atoms with Crippen LogP contribution in [-0.2, 0) is 25.5 Å². The third kappa shape index (κ3) is 3.65. The van der Waals surface area contributed by atoms with Crippen molar-refractivity contribution < 1.29 is 33.3 Å². The van der Waals surface area contributed by atoms with Crippen LogP contribution in [-0.4, -0.2) is 75.2 Å². The number of ether oxygens (including phenoxy) is 4. The lowest BCUT2D eigenvalue weighted by Crippen LogP contribution is -2.62. The van der Waals surface area contributed by atoms with Gasteiger partial charge >= 0.3 is 5.97 Å². The zero-order valence-electron chi connectivity index (χ0n) is 19.6. The molecule has 0 bridgehead atoms. The summed E-state index contributed by atoms with van der Waals surface area (Å²) in [6.07, 6.45) is 1.91. The number of rotatable bonds is 6. The van der Waals surface area contributed by atoms with Crippen LogP contribution in [0.5, 0.6) is 17.2 Å². The van der Waals surface area contributed by atoms with Crippen LogP contribution in [0, 0.1) is 6.92 Å². The number of amides is 2. The molecule has 9 nitrogen and oxygen atoms in total. The molecule has 0 spiro atoms. The number of piperazine rings is 1. The van der Waals surface area contributed by atoms with Crippen LogP contribution in [0.15, 0.2) is 11.6 Å². The highest BCUT2D eigenvalue weighted by Gasteiger charge is 2.49. The molecule has 2 amide bonds. The molecule has 3 rings (SSSR count). The minimum Gasteiger partial charge on any atom is -0.496 e. The van der Waals surface area contributed by atoms with Crippen LogP contribution in [0.25, 0.3) is 0 Å². The second kappa shape index (κ2) is 9.10. The summed E-state index contributed by atoms with van der Waals surface area (Å²) >= 11 is 0. The van der Waals surface area contributed by atoms with Gasteiger partial charge in [-0.1, -0.05) is 6.08 Å². The number of allylic oxidation sites excluding steroid dienone is 1. The van der Waals surface area contributed by atoms with E-state index in [2.05, 4.69) is 0 Å². The van der Waals surface area contributed by atoms with Gasteiger partial charge in [0.15, 0.2) is 11.5 Å². The molecule has 9 heteroatoms. The molecule has 174 valence electrons. The maximum absolute atomic E-state index is 13.1. The molecule has 2 aliphatic heterocycles. The predicted octanol–water partition coefficient (Wildman–Crippen LogP) is 1.80. The molecule has 0 aliphatic carbocycles. The minimum atomic E-state index is -0.735. The van der Waals surface area contributed by atoms with Gasteiger partial charge in [0.1, 0.15) is 18.4 Å². The standard InChI is InChI=1S/C23H30N2O7/c1-8-12(2)23(28)32-11-16-18-14(9-15-22(27)24(4)10-17(26)25(15)16)19(29-5)13(3)20(30-6)21(18)31-7/h8,15-16H,9-11H2,1-7H3/b12-8-/t15-,16-/m0/s1. The van der Waals surface area contributed by atoms with Gasteiger partial charge in [-0.3, -0.25) is 9.59 Å². The Labute approximate surface area is 187 Å². The third-order valence-electron chi connectivity index (χ3n) is 6.19. The first-order chi connectivity index (χ1) is 15.2. The summed E-state index contributed by atoms with van der Waals surface area (Å²) in [7, 11) is 6.19. The van der Waals surface area contributed by atoms with Crippen LogP contribution >= 0.6 is 0 Å². The maximum atomic E-state index is 13.1. The summed E-state index contributed by atoms with van der Waals surface area (Å²) in [6.45, 7) is 5.05.